The van der Waals surface area contributed by atoms with Crippen molar-refractivity contribution in [1.29, 1.82) is 0 Å². The SMILES string of the molecule is CCC(=S)OCC(=O)C1CCC2C1(C)CCC1C3(C)CCC(=O)C=C3CCC12N. The van der Waals surface area contributed by atoms with Gasteiger partial charge < -0.3 is 10.5 Å². The molecule has 0 aromatic rings. The van der Waals surface area contributed by atoms with Crippen molar-refractivity contribution in [3.63, 3.8) is 0 Å². The van der Waals surface area contributed by atoms with E-state index in [0.29, 0.717) is 29.7 Å². The molecule has 3 fully saturated rings. The average molecular weight is 418 g/mol. The summed E-state index contributed by atoms with van der Waals surface area (Å²) in [6.45, 7) is 6.70. The van der Waals surface area contributed by atoms with Gasteiger partial charge in [-0.25, -0.2) is 0 Å². The zero-order valence-electron chi connectivity index (χ0n) is 18.1. The first-order valence-corrected chi connectivity index (χ1v) is 11.8. The maximum atomic E-state index is 13.0. The van der Waals surface area contributed by atoms with Crippen LogP contribution in [0, 0.1) is 28.6 Å². The highest BCUT2D eigenvalue weighted by Crippen LogP contribution is 2.67. The molecule has 4 aliphatic rings. The predicted octanol–water partition coefficient (Wildman–Crippen LogP) is 4.54. The second-order valence-corrected chi connectivity index (χ2v) is 10.9. The molecule has 3 saturated carbocycles. The number of ether oxygens (including phenoxy) is 1. The summed E-state index contributed by atoms with van der Waals surface area (Å²) in [5.74, 6) is 1.25. The summed E-state index contributed by atoms with van der Waals surface area (Å²) in [7, 11) is 0. The van der Waals surface area contributed by atoms with Crippen LogP contribution >= 0.6 is 12.2 Å². The van der Waals surface area contributed by atoms with Crippen molar-refractivity contribution in [3.05, 3.63) is 11.6 Å². The first kappa shape index (κ1) is 21.2. The van der Waals surface area contributed by atoms with Gasteiger partial charge >= 0.3 is 0 Å². The van der Waals surface area contributed by atoms with Gasteiger partial charge in [-0.15, -0.1) is 0 Å². The third-order valence-electron chi connectivity index (χ3n) is 9.21. The molecule has 0 spiro atoms. The highest BCUT2D eigenvalue weighted by Gasteiger charge is 2.65. The highest BCUT2D eigenvalue weighted by molar-refractivity contribution is 7.80. The van der Waals surface area contributed by atoms with Gasteiger partial charge in [0.05, 0.1) is 0 Å². The molecule has 5 heteroatoms. The lowest BCUT2D eigenvalue weighted by atomic mass is 9.43. The van der Waals surface area contributed by atoms with Crippen LogP contribution in [0.15, 0.2) is 11.6 Å². The molecule has 0 amide bonds. The standard InChI is InChI=1S/C24H35NO3S/c1-4-21(29)28-14-18(27)17-5-6-19-23(17,3)11-9-20-22(2)10-8-16(26)13-15(22)7-12-24(19,20)25/h13,17,19-20H,4-12,14,25H2,1-3H3. The Morgan fingerprint density at radius 2 is 1.93 bits per heavy atom. The number of rotatable bonds is 4. The number of ketones is 2. The van der Waals surface area contributed by atoms with Crippen LogP contribution in [0.5, 0.6) is 0 Å². The van der Waals surface area contributed by atoms with Gasteiger partial charge in [0.25, 0.3) is 0 Å². The Balaban J connectivity index is 1.58. The zero-order valence-corrected chi connectivity index (χ0v) is 18.9. The van der Waals surface area contributed by atoms with Gasteiger partial charge in [-0.05, 0) is 85.9 Å². The minimum atomic E-state index is -0.242. The molecule has 0 aromatic carbocycles. The van der Waals surface area contributed by atoms with Crippen molar-refractivity contribution in [3.8, 4) is 0 Å². The van der Waals surface area contributed by atoms with E-state index in [0.717, 1.165) is 44.9 Å². The quantitative estimate of drug-likeness (QED) is 0.680. The van der Waals surface area contributed by atoms with Crippen LogP contribution in [0.4, 0.5) is 0 Å². The molecule has 6 atom stereocenters. The molecule has 160 valence electrons. The molecule has 29 heavy (non-hydrogen) atoms. The van der Waals surface area contributed by atoms with Crippen LogP contribution in [-0.2, 0) is 14.3 Å². The Bertz CT molecular complexity index is 776. The van der Waals surface area contributed by atoms with Crippen molar-refractivity contribution in [2.75, 3.05) is 6.61 Å². The Morgan fingerprint density at radius 3 is 2.66 bits per heavy atom. The van der Waals surface area contributed by atoms with Crippen LogP contribution < -0.4 is 5.73 Å². The fraction of sp³-hybridized carbons (Fsp3) is 0.792. The largest absolute Gasteiger partial charge is 0.479 e. The van der Waals surface area contributed by atoms with Crippen molar-refractivity contribution in [2.24, 2.45) is 34.3 Å². The first-order chi connectivity index (χ1) is 13.6. The van der Waals surface area contributed by atoms with Gasteiger partial charge in [0, 0.05) is 24.3 Å². The Morgan fingerprint density at radius 1 is 1.17 bits per heavy atom. The Hall–Kier alpha value is -1.07. The van der Waals surface area contributed by atoms with E-state index in [1.54, 1.807) is 0 Å². The monoisotopic (exact) mass is 417 g/mol. The number of nitrogens with two attached hydrogens (primary N) is 1. The number of thiocarbonyl (C=S) groups is 1. The van der Waals surface area contributed by atoms with Gasteiger partial charge in [0.15, 0.2) is 16.6 Å². The number of fused-ring (bicyclic) bond motifs is 5. The average Bonchev–Trinajstić information content (AvgIpc) is 3.05. The minimum Gasteiger partial charge on any atom is -0.479 e. The van der Waals surface area contributed by atoms with E-state index in [4.69, 9.17) is 22.7 Å². The maximum Gasteiger partial charge on any atom is 0.173 e. The zero-order chi connectivity index (χ0) is 21.0. The highest BCUT2D eigenvalue weighted by atomic mass is 32.1. The van der Waals surface area contributed by atoms with Crippen LogP contribution in [0.1, 0.15) is 78.6 Å². The minimum absolute atomic E-state index is 0.0196. The third-order valence-corrected chi connectivity index (χ3v) is 9.62. The summed E-state index contributed by atoms with van der Waals surface area (Å²) in [6.07, 6.45) is 10.0. The Labute approximate surface area is 180 Å². The van der Waals surface area contributed by atoms with Gasteiger partial charge in [-0.1, -0.05) is 26.3 Å². The fourth-order valence-corrected chi connectivity index (χ4v) is 7.72. The molecule has 0 saturated heterocycles. The summed E-state index contributed by atoms with van der Waals surface area (Å²) in [5, 5.41) is 0.517. The van der Waals surface area contributed by atoms with E-state index >= 15 is 0 Å². The van der Waals surface area contributed by atoms with E-state index in [9.17, 15) is 9.59 Å². The van der Waals surface area contributed by atoms with Crippen LogP contribution in [-0.4, -0.2) is 28.8 Å². The van der Waals surface area contributed by atoms with E-state index in [1.807, 2.05) is 13.0 Å². The van der Waals surface area contributed by atoms with Gasteiger partial charge in [-0.3, -0.25) is 9.59 Å². The molecule has 0 radical (unpaired) electrons. The van der Waals surface area contributed by atoms with Gasteiger partial charge in [0.1, 0.15) is 6.61 Å². The smallest absolute Gasteiger partial charge is 0.173 e. The molecule has 0 heterocycles. The molecule has 6 unspecified atom stereocenters. The lowest BCUT2D eigenvalue weighted by molar-refractivity contribution is -0.134. The lowest BCUT2D eigenvalue weighted by Gasteiger charge is -2.63. The second-order valence-electron chi connectivity index (χ2n) is 10.4. The molecule has 0 bridgehead atoms. The fourth-order valence-electron chi connectivity index (χ4n) is 7.66. The van der Waals surface area contributed by atoms with Crippen LogP contribution in [0.3, 0.4) is 0 Å². The first-order valence-electron chi connectivity index (χ1n) is 11.4. The summed E-state index contributed by atoms with van der Waals surface area (Å²) < 4.78 is 5.53. The van der Waals surface area contributed by atoms with Crippen molar-refractivity contribution in [1.82, 2.24) is 0 Å². The van der Waals surface area contributed by atoms with Crippen molar-refractivity contribution >= 4 is 28.8 Å². The summed E-state index contributed by atoms with van der Waals surface area (Å²) in [4.78, 5) is 25.1. The normalized spacial score (nSPS) is 43.7. The predicted molar refractivity (Wildman–Crippen MR) is 117 cm³/mol. The molecule has 4 nitrogen and oxygen atoms in total. The molecule has 4 rings (SSSR count). The Kier molecular flexibility index (Phi) is 5.30. The topological polar surface area (TPSA) is 69.4 Å². The van der Waals surface area contributed by atoms with Crippen LogP contribution in [0.25, 0.3) is 0 Å². The van der Waals surface area contributed by atoms with Crippen molar-refractivity contribution in [2.45, 2.75) is 84.1 Å². The van der Waals surface area contributed by atoms with E-state index in [-0.39, 0.29) is 40.5 Å². The third kappa shape index (κ3) is 3.15. The number of Topliss-reactive ketones (excluding diaryl/α,β-unsaturated/α-hetero) is 1. The number of hydrogen-bond donors (Lipinski definition) is 1. The number of hydrogen-bond acceptors (Lipinski definition) is 5. The van der Waals surface area contributed by atoms with E-state index in [2.05, 4.69) is 13.8 Å². The number of allylic oxidation sites excluding steroid dienone is 1. The van der Waals surface area contributed by atoms with Crippen LogP contribution in [0.2, 0.25) is 0 Å². The molecular weight excluding hydrogens is 382 g/mol. The number of carbonyl (C=O) groups excluding carboxylic acids is 2. The van der Waals surface area contributed by atoms with E-state index in [1.165, 1.54) is 5.57 Å². The molecular formula is C24H35NO3S. The summed E-state index contributed by atoms with van der Waals surface area (Å²) >= 11 is 5.14. The second kappa shape index (κ2) is 7.26. The molecule has 0 aromatic heterocycles. The summed E-state index contributed by atoms with van der Waals surface area (Å²) in [5.41, 5.74) is 8.37. The molecule has 4 aliphatic carbocycles. The van der Waals surface area contributed by atoms with Gasteiger partial charge in [0.2, 0.25) is 0 Å². The molecule has 2 N–H and O–H groups in total. The number of carbonyl (C=O) groups is 2. The summed E-state index contributed by atoms with van der Waals surface area (Å²) in [6, 6.07) is 0. The van der Waals surface area contributed by atoms with Crippen molar-refractivity contribution < 1.29 is 14.3 Å². The van der Waals surface area contributed by atoms with Gasteiger partial charge in [-0.2, -0.15) is 0 Å². The lowest BCUT2D eigenvalue weighted by Crippen LogP contribution is -2.66. The molecule has 0 aliphatic heterocycles. The maximum absolute atomic E-state index is 13.0. The van der Waals surface area contributed by atoms with E-state index < -0.39 is 0 Å².